The normalized spacial score (nSPS) is 16.3. The van der Waals surface area contributed by atoms with Gasteiger partial charge in [-0.25, -0.2) is 4.98 Å². The summed E-state index contributed by atoms with van der Waals surface area (Å²) in [6.07, 6.45) is 1.75. The van der Waals surface area contributed by atoms with Crippen LogP contribution in [0.5, 0.6) is 0 Å². The molecule has 2 heterocycles. The van der Waals surface area contributed by atoms with E-state index in [1.165, 1.54) is 0 Å². The van der Waals surface area contributed by atoms with Crippen molar-refractivity contribution in [3.05, 3.63) is 18.3 Å². The Labute approximate surface area is 112 Å². The van der Waals surface area contributed by atoms with Crippen molar-refractivity contribution >= 4 is 17.4 Å². The second kappa shape index (κ2) is 5.54. The fourth-order valence-electron chi connectivity index (χ4n) is 1.75. The molecule has 0 spiro atoms. The first-order valence-corrected chi connectivity index (χ1v) is 6.36. The quantitative estimate of drug-likeness (QED) is 0.835. The predicted molar refractivity (Wildman–Crippen MR) is 74.2 cm³/mol. The molecule has 1 aromatic heterocycles. The molecule has 0 atom stereocenters. The minimum absolute atomic E-state index is 0.251. The molecule has 104 valence electrons. The van der Waals surface area contributed by atoms with Crippen LogP contribution in [0.1, 0.15) is 13.8 Å². The van der Waals surface area contributed by atoms with E-state index in [1.807, 2.05) is 6.07 Å². The van der Waals surface area contributed by atoms with Crippen LogP contribution in [-0.2, 0) is 9.53 Å². The number of carbonyl (C=O) groups is 1. The topological polar surface area (TPSA) is 80.5 Å². The molecule has 3 N–H and O–H groups in total. The molecule has 19 heavy (non-hydrogen) atoms. The summed E-state index contributed by atoms with van der Waals surface area (Å²) in [6, 6.07) is 3.73. The van der Waals surface area contributed by atoms with Gasteiger partial charge in [-0.1, -0.05) is 0 Å². The molecule has 1 aliphatic rings. The summed E-state index contributed by atoms with van der Waals surface area (Å²) in [5.41, 5.74) is 5.84. The molecule has 0 radical (unpaired) electrons. The van der Waals surface area contributed by atoms with Gasteiger partial charge in [0.15, 0.2) is 0 Å². The fourth-order valence-corrected chi connectivity index (χ4v) is 1.75. The fraction of sp³-hybridized carbons (Fsp3) is 0.538. The van der Waals surface area contributed by atoms with Crippen molar-refractivity contribution in [1.82, 2.24) is 4.98 Å². The van der Waals surface area contributed by atoms with E-state index in [1.54, 1.807) is 26.1 Å². The number of aromatic nitrogens is 1. The van der Waals surface area contributed by atoms with Crippen molar-refractivity contribution in [2.24, 2.45) is 5.73 Å². The monoisotopic (exact) mass is 264 g/mol. The van der Waals surface area contributed by atoms with Gasteiger partial charge in [-0.15, -0.1) is 0 Å². The van der Waals surface area contributed by atoms with E-state index in [4.69, 9.17) is 10.5 Å². The van der Waals surface area contributed by atoms with Crippen LogP contribution in [0.25, 0.3) is 0 Å². The molecule has 1 aromatic rings. The Kier molecular flexibility index (Phi) is 4.01. The molecule has 0 aliphatic carbocycles. The Balaban J connectivity index is 2.00. The van der Waals surface area contributed by atoms with Crippen molar-refractivity contribution < 1.29 is 9.53 Å². The third kappa shape index (κ3) is 3.65. The van der Waals surface area contributed by atoms with Crippen molar-refractivity contribution in [2.45, 2.75) is 19.4 Å². The number of nitrogens with two attached hydrogens (primary N) is 1. The lowest BCUT2D eigenvalue weighted by Gasteiger charge is -2.28. The Bertz CT molecular complexity index is 433. The minimum atomic E-state index is -0.912. The van der Waals surface area contributed by atoms with Crippen LogP contribution in [-0.4, -0.2) is 42.7 Å². The van der Waals surface area contributed by atoms with E-state index >= 15 is 0 Å². The largest absolute Gasteiger partial charge is 0.378 e. The van der Waals surface area contributed by atoms with Crippen molar-refractivity contribution in [3.8, 4) is 0 Å². The molecule has 0 bridgehead atoms. The number of nitrogens with zero attached hydrogens (tertiary/aromatic N) is 2. The number of pyridine rings is 1. The maximum Gasteiger partial charge on any atom is 0.245 e. The van der Waals surface area contributed by atoms with Crippen molar-refractivity contribution in [1.29, 1.82) is 0 Å². The molecule has 0 unspecified atom stereocenters. The Hall–Kier alpha value is -1.66. The van der Waals surface area contributed by atoms with Gasteiger partial charge in [0.1, 0.15) is 5.82 Å². The number of amides is 1. The second-order valence-electron chi connectivity index (χ2n) is 5.18. The van der Waals surface area contributed by atoms with Crippen LogP contribution in [0.3, 0.4) is 0 Å². The average Bonchev–Trinajstić information content (AvgIpc) is 2.39. The lowest BCUT2D eigenvalue weighted by molar-refractivity contribution is -0.120. The summed E-state index contributed by atoms with van der Waals surface area (Å²) in [5.74, 6) is 0.264. The van der Waals surface area contributed by atoms with Gasteiger partial charge < -0.3 is 20.7 Å². The van der Waals surface area contributed by atoms with Gasteiger partial charge in [0.05, 0.1) is 30.6 Å². The SMILES string of the molecule is CC(C)(N)C(=O)Nc1ccc(N2CCOCC2)cn1. The maximum absolute atomic E-state index is 11.7. The van der Waals surface area contributed by atoms with Crippen LogP contribution in [0.2, 0.25) is 0 Å². The van der Waals surface area contributed by atoms with Gasteiger partial charge in [0, 0.05) is 13.1 Å². The smallest absolute Gasteiger partial charge is 0.245 e. The zero-order chi connectivity index (χ0) is 13.9. The van der Waals surface area contributed by atoms with E-state index in [2.05, 4.69) is 15.2 Å². The predicted octanol–water partition coefficient (Wildman–Crippen LogP) is 0.594. The first kappa shape index (κ1) is 13.8. The van der Waals surface area contributed by atoms with Gasteiger partial charge >= 0.3 is 0 Å². The maximum atomic E-state index is 11.7. The van der Waals surface area contributed by atoms with E-state index < -0.39 is 5.54 Å². The number of anilines is 2. The molecular formula is C13H20N4O2. The van der Waals surface area contributed by atoms with E-state index in [9.17, 15) is 4.79 Å². The average molecular weight is 264 g/mol. The molecule has 0 aromatic carbocycles. The van der Waals surface area contributed by atoms with Crippen LogP contribution < -0.4 is 16.0 Å². The van der Waals surface area contributed by atoms with Crippen molar-refractivity contribution in [2.75, 3.05) is 36.5 Å². The van der Waals surface area contributed by atoms with Gasteiger partial charge in [-0.05, 0) is 26.0 Å². The molecule has 1 aliphatic heterocycles. The Morgan fingerprint density at radius 3 is 2.63 bits per heavy atom. The highest BCUT2D eigenvalue weighted by Crippen LogP contribution is 2.16. The van der Waals surface area contributed by atoms with Crippen LogP contribution >= 0.6 is 0 Å². The molecule has 1 amide bonds. The number of carbonyl (C=O) groups excluding carboxylic acids is 1. The number of ether oxygens (including phenoxy) is 1. The highest BCUT2D eigenvalue weighted by atomic mass is 16.5. The summed E-state index contributed by atoms with van der Waals surface area (Å²) >= 11 is 0. The van der Waals surface area contributed by atoms with E-state index in [0.717, 1.165) is 32.0 Å². The Morgan fingerprint density at radius 1 is 1.42 bits per heavy atom. The lowest BCUT2D eigenvalue weighted by Crippen LogP contribution is -2.45. The highest BCUT2D eigenvalue weighted by Gasteiger charge is 2.22. The number of hydrogen-bond donors (Lipinski definition) is 2. The number of rotatable bonds is 3. The second-order valence-corrected chi connectivity index (χ2v) is 5.18. The highest BCUT2D eigenvalue weighted by molar-refractivity contribution is 5.96. The van der Waals surface area contributed by atoms with Gasteiger partial charge in [0.25, 0.3) is 0 Å². The molecule has 1 fully saturated rings. The van der Waals surface area contributed by atoms with Gasteiger partial charge in [0.2, 0.25) is 5.91 Å². The standard InChI is InChI=1S/C13H20N4O2/c1-13(2,14)12(18)16-11-4-3-10(9-15-11)17-5-7-19-8-6-17/h3-4,9H,5-8,14H2,1-2H3,(H,15,16,18). The molecule has 1 saturated heterocycles. The summed E-state index contributed by atoms with van der Waals surface area (Å²) in [4.78, 5) is 18.2. The summed E-state index contributed by atoms with van der Waals surface area (Å²) in [7, 11) is 0. The molecule has 2 rings (SSSR count). The summed E-state index contributed by atoms with van der Waals surface area (Å²) in [6.45, 7) is 6.51. The summed E-state index contributed by atoms with van der Waals surface area (Å²) in [5, 5.41) is 2.69. The molecule has 0 saturated carbocycles. The van der Waals surface area contributed by atoms with Gasteiger partial charge in [-0.3, -0.25) is 4.79 Å². The zero-order valence-electron chi connectivity index (χ0n) is 11.3. The Morgan fingerprint density at radius 2 is 2.11 bits per heavy atom. The lowest BCUT2D eigenvalue weighted by atomic mass is 10.1. The molecule has 6 heteroatoms. The first-order chi connectivity index (χ1) is 8.97. The summed E-state index contributed by atoms with van der Waals surface area (Å²) < 4.78 is 5.30. The molecular weight excluding hydrogens is 244 g/mol. The third-order valence-corrected chi connectivity index (χ3v) is 2.95. The van der Waals surface area contributed by atoms with Crippen molar-refractivity contribution in [3.63, 3.8) is 0 Å². The zero-order valence-corrected chi connectivity index (χ0v) is 11.3. The first-order valence-electron chi connectivity index (χ1n) is 6.36. The van der Waals surface area contributed by atoms with Crippen LogP contribution in [0, 0.1) is 0 Å². The van der Waals surface area contributed by atoms with E-state index in [-0.39, 0.29) is 5.91 Å². The number of morpholine rings is 1. The van der Waals surface area contributed by atoms with Crippen LogP contribution in [0.15, 0.2) is 18.3 Å². The third-order valence-electron chi connectivity index (χ3n) is 2.95. The number of nitrogens with one attached hydrogen (secondary N) is 1. The van der Waals surface area contributed by atoms with Crippen LogP contribution in [0.4, 0.5) is 11.5 Å². The van der Waals surface area contributed by atoms with E-state index in [0.29, 0.717) is 5.82 Å². The van der Waals surface area contributed by atoms with Gasteiger partial charge in [-0.2, -0.15) is 0 Å². The molecule has 6 nitrogen and oxygen atoms in total. The minimum Gasteiger partial charge on any atom is -0.378 e. The number of hydrogen-bond acceptors (Lipinski definition) is 5.